The average molecular weight is 514 g/mol. The van der Waals surface area contributed by atoms with Crippen LogP contribution in [0, 0.1) is 11.7 Å². The average Bonchev–Trinajstić information content (AvgIpc) is 2.84. The summed E-state index contributed by atoms with van der Waals surface area (Å²) >= 11 is 0. The van der Waals surface area contributed by atoms with E-state index < -0.39 is 44.8 Å². The van der Waals surface area contributed by atoms with Crippen molar-refractivity contribution in [3.63, 3.8) is 0 Å². The summed E-state index contributed by atoms with van der Waals surface area (Å²) in [7, 11) is -2.55. The van der Waals surface area contributed by atoms with Crippen LogP contribution in [0.5, 0.6) is 5.88 Å². The fourth-order valence-electron chi connectivity index (χ4n) is 4.10. The summed E-state index contributed by atoms with van der Waals surface area (Å²) in [6.45, 7) is 3.34. The SMILES string of the molecule is CCCCc1nc(O)c(NS(=O)(=O)CCc2ncc(F)cn2)c(=O)n1[C@@H](COC)C1CCOCC1. The molecule has 1 aliphatic heterocycles. The monoisotopic (exact) mass is 513 g/mol. The molecule has 35 heavy (non-hydrogen) atoms. The lowest BCUT2D eigenvalue weighted by Gasteiger charge is -2.32. The third kappa shape index (κ3) is 7.18. The van der Waals surface area contributed by atoms with Gasteiger partial charge in [0.05, 0.1) is 30.8 Å². The predicted molar refractivity (Wildman–Crippen MR) is 126 cm³/mol. The Morgan fingerprint density at radius 2 is 1.97 bits per heavy atom. The predicted octanol–water partition coefficient (Wildman–Crippen LogP) is 1.82. The Hall–Kier alpha value is -2.64. The second-order valence-corrected chi connectivity index (χ2v) is 10.3. The summed E-state index contributed by atoms with van der Waals surface area (Å²) in [5.41, 5.74) is -1.20. The van der Waals surface area contributed by atoms with E-state index in [0.29, 0.717) is 38.3 Å². The van der Waals surface area contributed by atoms with Gasteiger partial charge in [-0.2, -0.15) is 4.98 Å². The number of rotatable bonds is 12. The first-order valence-corrected chi connectivity index (χ1v) is 13.3. The zero-order valence-electron chi connectivity index (χ0n) is 19.9. The zero-order valence-corrected chi connectivity index (χ0v) is 20.8. The lowest BCUT2D eigenvalue weighted by molar-refractivity contribution is 0.0272. The highest BCUT2D eigenvalue weighted by molar-refractivity contribution is 7.92. The molecule has 0 radical (unpaired) electrons. The van der Waals surface area contributed by atoms with E-state index in [1.54, 1.807) is 0 Å². The first-order valence-electron chi connectivity index (χ1n) is 11.6. The maximum absolute atomic E-state index is 13.6. The molecule has 3 rings (SSSR count). The van der Waals surface area contributed by atoms with E-state index in [4.69, 9.17) is 9.47 Å². The number of anilines is 1. The number of ether oxygens (including phenoxy) is 2. The van der Waals surface area contributed by atoms with Crippen molar-refractivity contribution in [3.8, 4) is 5.88 Å². The first kappa shape index (κ1) is 27.0. The highest BCUT2D eigenvalue weighted by atomic mass is 32.2. The van der Waals surface area contributed by atoms with E-state index in [9.17, 15) is 22.7 Å². The van der Waals surface area contributed by atoms with Crippen LogP contribution in [0.1, 0.15) is 50.3 Å². The zero-order chi connectivity index (χ0) is 25.4. The van der Waals surface area contributed by atoms with Crippen molar-refractivity contribution >= 4 is 15.7 Å². The maximum Gasteiger partial charge on any atom is 0.282 e. The van der Waals surface area contributed by atoms with Crippen molar-refractivity contribution in [2.45, 2.75) is 51.5 Å². The third-order valence-electron chi connectivity index (χ3n) is 5.93. The molecule has 2 N–H and O–H groups in total. The van der Waals surface area contributed by atoms with Gasteiger partial charge in [0.1, 0.15) is 11.6 Å². The molecular weight excluding hydrogens is 481 g/mol. The summed E-state index contributed by atoms with van der Waals surface area (Å²) in [5.74, 6) is -1.21. The quantitative estimate of drug-likeness (QED) is 0.434. The first-order chi connectivity index (χ1) is 16.8. The summed E-state index contributed by atoms with van der Waals surface area (Å²) in [6.07, 6.45) is 5.24. The Labute approximate surface area is 203 Å². The summed E-state index contributed by atoms with van der Waals surface area (Å²) in [6, 6.07) is -0.396. The molecule has 2 aromatic rings. The highest BCUT2D eigenvalue weighted by Crippen LogP contribution is 2.30. The van der Waals surface area contributed by atoms with Gasteiger partial charge >= 0.3 is 0 Å². The van der Waals surface area contributed by atoms with Crippen molar-refractivity contribution in [3.05, 3.63) is 40.2 Å². The highest BCUT2D eigenvalue weighted by Gasteiger charge is 2.31. The number of methoxy groups -OCH3 is 1. The van der Waals surface area contributed by atoms with Gasteiger partial charge in [-0.3, -0.25) is 14.1 Å². The molecule has 0 saturated carbocycles. The van der Waals surface area contributed by atoms with Gasteiger partial charge in [0.2, 0.25) is 15.9 Å². The lowest BCUT2D eigenvalue weighted by Crippen LogP contribution is -2.39. The maximum atomic E-state index is 13.6. The third-order valence-corrected chi connectivity index (χ3v) is 7.18. The largest absolute Gasteiger partial charge is 0.492 e. The molecule has 0 spiro atoms. The van der Waals surface area contributed by atoms with Crippen LogP contribution in [0.2, 0.25) is 0 Å². The smallest absolute Gasteiger partial charge is 0.282 e. The van der Waals surface area contributed by atoms with Crippen molar-refractivity contribution in [2.24, 2.45) is 5.92 Å². The Morgan fingerprint density at radius 3 is 2.60 bits per heavy atom. The van der Waals surface area contributed by atoms with Crippen molar-refractivity contribution < 1.29 is 27.4 Å². The van der Waals surface area contributed by atoms with E-state index in [1.165, 1.54) is 11.7 Å². The molecule has 1 fully saturated rings. The van der Waals surface area contributed by atoms with E-state index in [0.717, 1.165) is 25.2 Å². The molecule has 3 heterocycles. The number of hydrogen-bond acceptors (Lipinski definition) is 9. The number of sulfonamides is 1. The standard InChI is InChI=1S/C22H32FN5O6S/c1-3-4-5-19-26-21(29)20(27-35(31,32)11-8-18-24-12-16(23)13-25-18)22(30)28(19)17(14-33-2)15-6-9-34-10-7-15/h12-13,15,17,27,29H,3-11,14H2,1-2H3/t17-/m0/s1. The Balaban J connectivity index is 1.94. The minimum atomic E-state index is -4.09. The molecule has 0 bridgehead atoms. The van der Waals surface area contributed by atoms with E-state index >= 15 is 0 Å². The van der Waals surface area contributed by atoms with Crippen LogP contribution in [0.15, 0.2) is 17.2 Å². The van der Waals surface area contributed by atoms with Gasteiger partial charge < -0.3 is 14.6 Å². The van der Waals surface area contributed by atoms with E-state index in [1.807, 2.05) is 6.92 Å². The van der Waals surface area contributed by atoms with Crippen molar-refractivity contribution in [1.82, 2.24) is 19.5 Å². The summed E-state index contributed by atoms with van der Waals surface area (Å²) in [4.78, 5) is 25.3. The molecule has 0 aliphatic carbocycles. The number of aryl methyl sites for hydroxylation is 2. The van der Waals surface area contributed by atoms with E-state index in [-0.39, 0.29) is 24.8 Å². The van der Waals surface area contributed by atoms with Gasteiger partial charge in [0.15, 0.2) is 11.5 Å². The summed E-state index contributed by atoms with van der Waals surface area (Å²) < 4.78 is 53.0. The molecule has 11 nitrogen and oxygen atoms in total. The van der Waals surface area contributed by atoms with Crippen LogP contribution in [-0.4, -0.2) is 65.7 Å². The van der Waals surface area contributed by atoms with Crippen LogP contribution >= 0.6 is 0 Å². The number of unbranched alkanes of at least 4 members (excludes halogenated alkanes) is 1. The molecule has 2 aromatic heterocycles. The molecule has 0 unspecified atom stereocenters. The van der Waals surface area contributed by atoms with Crippen LogP contribution in [0.25, 0.3) is 0 Å². The van der Waals surface area contributed by atoms with Gasteiger partial charge in [-0.05, 0) is 25.2 Å². The second-order valence-electron chi connectivity index (χ2n) is 8.47. The molecular formula is C22H32FN5O6S. The topological polar surface area (TPSA) is 146 Å². The molecule has 0 aromatic carbocycles. The van der Waals surface area contributed by atoms with Crippen LogP contribution in [-0.2, 0) is 32.3 Å². The molecule has 1 saturated heterocycles. The Kier molecular flexibility index (Phi) is 9.52. The molecule has 1 aliphatic rings. The molecule has 0 amide bonds. The Morgan fingerprint density at radius 1 is 1.29 bits per heavy atom. The molecule has 13 heteroatoms. The lowest BCUT2D eigenvalue weighted by atomic mass is 9.91. The van der Waals surface area contributed by atoms with Gasteiger partial charge in [-0.15, -0.1) is 0 Å². The van der Waals surface area contributed by atoms with Gasteiger partial charge in [0.25, 0.3) is 5.56 Å². The van der Waals surface area contributed by atoms with Crippen LogP contribution in [0.3, 0.4) is 0 Å². The molecule has 194 valence electrons. The fraction of sp³-hybridized carbons (Fsp3) is 0.636. The number of nitrogens with zero attached hydrogens (tertiary/aromatic N) is 4. The van der Waals surface area contributed by atoms with Crippen molar-refractivity contribution in [1.29, 1.82) is 0 Å². The number of nitrogens with one attached hydrogen (secondary N) is 1. The van der Waals surface area contributed by atoms with Crippen LogP contribution < -0.4 is 10.3 Å². The van der Waals surface area contributed by atoms with Gasteiger partial charge in [-0.25, -0.2) is 22.8 Å². The van der Waals surface area contributed by atoms with Crippen molar-refractivity contribution in [2.75, 3.05) is 37.4 Å². The molecule has 1 atom stereocenters. The van der Waals surface area contributed by atoms with E-state index in [2.05, 4.69) is 19.7 Å². The second kappa shape index (κ2) is 12.4. The number of aromatic nitrogens is 4. The number of halogens is 1. The Bertz CT molecular complexity index is 1140. The van der Waals surface area contributed by atoms with Crippen LogP contribution in [0.4, 0.5) is 10.1 Å². The normalized spacial score (nSPS) is 15.7. The van der Waals surface area contributed by atoms with Gasteiger partial charge in [0, 0.05) is 33.2 Å². The number of aromatic hydroxyl groups is 1. The minimum Gasteiger partial charge on any atom is -0.492 e. The fourth-order valence-corrected chi connectivity index (χ4v) is 5.14. The van der Waals surface area contributed by atoms with Gasteiger partial charge in [-0.1, -0.05) is 13.3 Å². The minimum absolute atomic E-state index is 0.0631. The summed E-state index contributed by atoms with van der Waals surface area (Å²) in [5, 5.41) is 10.5. The number of hydrogen-bond donors (Lipinski definition) is 2.